The van der Waals surface area contributed by atoms with Gasteiger partial charge < -0.3 is 17.1 Å². The first-order chi connectivity index (χ1) is 3.18. The van der Waals surface area contributed by atoms with Crippen LogP contribution in [0.25, 0.3) is 0 Å². The monoisotopic (exact) mass is 137 g/mol. The summed E-state index contributed by atoms with van der Waals surface area (Å²) >= 11 is 0. The van der Waals surface area contributed by atoms with Gasteiger partial charge in [-0.15, -0.1) is 0 Å². The number of halogens is 1. The molecule has 0 fully saturated rings. The number of nitrogens with zero attached hydrogens (tertiary/aromatic N) is 1. The maximum atomic E-state index is 4.85. The van der Waals surface area contributed by atoms with Crippen molar-refractivity contribution in [2.75, 3.05) is 21.2 Å². The zero-order valence-electron chi connectivity index (χ0n) is 5.73. The molecule has 0 radical (unpaired) electrons. The lowest BCUT2D eigenvalue weighted by Gasteiger charge is -1.91. The van der Waals surface area contributed by atoms with Crippen molar-refractivity contribution in [3.63, 3.8) is 0 Å². The molecule has 0 unspecified atom stereocenters. The molecule has 0 spiro atoms. The van der Waals surface area contributed by atoms with Gasteiger partial charge in [0.15, 0.2) is 0 Å². The molecule has 8 heavy (non-hydrogen) atoms. The number of ether oxygens (including phenoxy) is 1. The van der Waals surface area contributed by atoms with Gasteiger partial charge in [0.1, 0.15) is 14.1 Å². The predicted molar refractivity (Wildman–Crippen MR) is 29.8 cm³/mol. The Hall–Kier alpha value is -0.240. The molecule has 50 valence electrons. The highest BCUT2D eigenvalue weighted by Gasteiger charge is 1.92. The van der Waals surface area contributed by atoms with Crippen molar-refractivity contribution in [3.05, 3.63) is 0 Å². The van der Waals surface area contributed by atoms with Crippen LogP contribution in [0.4, 0.5) is 0 Å². The first kappa shape index (κ1) is 10.7. The van der Waals surface area contributed by atoms with Crippen LogP contribution in [-0.4, -0.2) is 31.7 Å². The molecule has 0 aromatic carbocycles. The number of rotatable bonds is 0. The predicted octanol–water partition coefficient (Wildman–Crippen LogP) is -2.67. The smallest absolute Gasteiger partial charge is 0.332 e. The van der Waals surface area contributed by atoms with E-state index in [2.05, 4.69) is 0 Å². The second-order valence-corrected chi connectivity index (χ2v) is 1.62. The van der Waals surface area contributed by atoms with Crippen LogP contribution in [0.1, 0.15) is 6.92 Å². The van der Waals surface area contributed by atoms with Crippen LogP contribution < -0.4 is 12.4 Å². The van der Waals surface area contributed by atoms with E-state index in [4.69, 9.17) is 4.74 Å². The molecule has 0 bridgehead atoms. The molecular formula is C5H12ClNO. The Morgan fingerprint density at radius 2 is 1.75 bits per heavy atom. The van der Waals surface area contributed by atoms with Gasteiger partial charge >= 0.3 is 5.90 Å². The van der Waals surface area contributed by atoms with E-state index >= 15 is 0 Å². The Kier molecular flexibility index (Phi) is 6.56. The summed E-state index contributed by atoms with van der Waals surface area (Å²) in [6.45, 7) is 1.92. The number of methoxy groups -OCH3 is 1. The van der Waals surface area contributed by atoms with Gasteiger partial charge in [-0.05, 0) is 0 Å². The SMILES string of the molecule is COC(C)=[N+](C)C.[Cl-]. The number of hydrogen-bond donors (Lipinski definition) is 0. The van der Waals surface area contributed by atoms with Gasteiger partial charge in [0.25, 0.3) is 0 Å². The summed E-state index contributed by atoms with van der Waals surface area (Å²) in [7, 11) is 5.55. The zero-order chi connectivity index (χ0) is 5.86. The van der Waals surface area contributed by atoms with Gasteiger partial charge in [0.05, 0.1) is 14.0 Å². The Morgan fingerprint density at radius 3 is 1.75 bits per heavy atom. The van der Waals surface area contributed by atoms with Gasteiger partial charge in [0.2, 0.25) is 0 Å². The Morgan fingerprint density at radius 1 is 1.38 bits per heavy atom. The van der Waals surface area contributed by atoms with Crippen LogP contribution >= 0.6 is 0 Å². The molecule has 0 saturated carbocycles. The highest BCUT2D eigenvalue weighted by Crippen LogP contribution is 1.69. The molecule has 0 amide bonds. The summed E-state index contributed by atoms with van der Waals surface area (Å²) in [5.41, 5.74) is 0. The lowest BCUT2D eigenvalue weighted by atomic mass is 10.7. The summed E-state index contributed by atoms with van der Waals surface area (Å²) in [5, 5.41) is 0. The molecule has 0 aliphatic carbocycles. The van der Waals surface area contributed by atoms with E-state index < -0.39 is 0 Å². The highest BCUT2D eigenvalue weighted by molar-refractivity contribution is 5.67. The van der Waals surface area contributed by atoms with Gasteiger partial charge in [0, 0.05) is 0 Å². The topological polar surface area (TPSA) is 12.2 Å². The third-order valence-corrected chi connectivity index (χ3v) is 0.925. The fraction of sp³-hybridized carbons (Fsp3) is 0.800. The van der Waals surface area contributed by atoms with Crippen LogP contribution in [0.2, 0.25) is 0 Å². The molecular weight excluding hydrogens is 126 g/mol. The van der Waals surface area contributed by atoms with Crippen LogP contribution in [-0.2, 0) is 4.74 Å². The Labute approximate surface area is 56.6 Å². The van der Waals surface area contributed by atoms with Crippen molar-refractivity contribution >= 4 is 5.90 Å². The molecule has 0 atom stereocenters. The van der Waals surface area contributed by atoms with Crippen molar-refractivity contribution in [2.24, 2.45) is 0 Å². The van der Waals surface area contributed by atoms with Crippen molar-refractivity contribution in [2.45, 2.75) is 6.92 Å². The van der Waals surface area contributed by atoms with E-state index in [1.165, 1.54) is 0 Å². The molecule has 0 aromatic rings. The third-order valence-electron chi connectivity index (χ3n) is 0.925. The molecule has 2 nitrogen and oxygen atoms in total. The van der Waals surface area contributed by atoms with Crippen molar-refractivity contribution in [1.82, 2.24) is 0 Å². The second kappa shape index (κ2) is 4.91. The Bertz CT molecular complexity index is 86.4. The minimum atomic E-state index is 0. The van der Waals surface area contributed by atoms with Crippen LogP contribution in [0, 0.1) is 0 Å². The highest BCUT2D eigenvalue weighted by atomic mass is 35.5. The third kappa shape index (κ3) is 3.93. The summed E-state index contributed by atoms with van der Waals surface area (Å²) in [6, 6.07) is 0. The van der Waals surface area contributed by atoms with E-state index in [9.17, 15) is 0 Å². The minimum Gasteiger partial charge on any atom is -1.00 e. The number of hydrogen-bond acceptors (Lipinski definition) is 1. The molecule has 0 heterocycles. The van der Waals surface area contributed by atoms with Gasteiger partial charge in [-0.25, -0.2) is 4.58 Å². The molecule has 0 N–H and O–H groups in total. The average Bonchev–Trinajstić information content (AvgIpc) is 1.65. The van der Waals surface area contributed by atoms with Crippen LogP contribution in [0.5, 0.6) is 0 Å². The summed E-state index contributed by atoms with van der Waals surface area (Å²) in [4.78, 5) is 0. The van der Waals surface area contributed by atoms with Gasteiger partial charge in [-0.3, -0.25) is 0 Å². The summed E-state index contributed by atoms with van der Waals surface area (Å²) < 4.78 is 6.77. The lowest BCUT2D eigenvalue weighted by molar-refractivity contribution is -0.474. The van der Waals surface area contributed by atoms with Crippen molar-refractivity contribution in [3.8, 4) is 0 Å². The van der Waals surface area contributed by atoms with Crippen LogP contribution in [0.3, 0.4) is 0 Å². The zero-order valence-corrected chi connectivity index (χ0v) is 6.49. The molecule has 0 rings (SSSR count). The van der Waals surface area contributed by atoms with Crippen molar-refractivity contribution in [1.29, 1.82) is 0 Å². The van der Waals surface area contributed by atoms with E-state index in [1.54, 1.807) is 7.11 Å². The largest absolute Gasteiger partial charge is 1.00 e. The fourth-order valence-electron chi connectivity index (χ4n) is 0.183. The molecule has 0 aromatic heterocycles. The fourth-order valence-corrected chi connectivity index (χ4v) is 0.183. The summed E-state index contributed by atoms with van der Waals surface area (Å²) in [5.74, 6) is 0.931. The first-order valence-corrected chi connectivity index (χ1v) is 2.23. The van der Waals surface area contributed by atoms with Crippen LogP contribution in [0.15, 0.2) is 0 Å². The van der Waals surface area contributed by atoms with Crippen molar-refractivity contribution < 1.29 is 21.7 Å². The molecule has 3 heteroatoms. The quantitative estimate of drug-likeness (QED) is 0.202. The Balaban J connectivity index is 0. The maximum absolute atomic E-state index is 4.85. The molecule has 0 aliphatic rings. The van der Waals surface area contributed by atoms with E-state index in [0.717, 1.165) is 5.90 Å². The lowest BCUT2D eigenvalue weighted by Crippen LogP contribution is -3.00. The first-order valence-electron chi connectivity index (χ1n) is 2.23. The van der Waals surface area contributed by atoms with E-state index in [1.807, 2.05) is 25.6 Å². The van der Waals surface area contributed by atoms with E-state index in [0.29, 0.717) is 0 Å². The average molecular weight is 138 g/mol. The molecule has 0 aliphatic heterocycles. The maximum Gasteiger partial charge on any atom is 0.332 e. The van der Waals surface area contributed by atoms with Gasteiger partial charge in [-0.1, -0.05) is 0 Å². The van der Waals surface area contributed by atoms with Gasteiger partial charge in [-0.2, -0.15) is 0 Å². The minimum absolute atomic E-state index is 0. The second-order valence-electron chi connectivity index (χ2n) is 1.62. The standard InChI is InChI=1S/C5H12NO.ClH/c1-5(7-4)6(2)3;/h1-4H3;1H/q+1;/p-1. The molecule has 0 saturated heterocycles. The summed E-state index contributed by atoms with van der Waals surface area (Å²) in [6.07, 6.45) is 0. The normalized spacial score (nSPS) is 7.00. The van der Waals surface area contributed by atoms with E-state index in [-0.39, 0.29) is 12.4 Å².